The molecule has 4 aromatic rings. The van der Waals surface area contributed by atoms with Crippen LogP contribution in [-0.2, 0) is 14.6 Å². The highest BCUT2D eigenvalue weighted by Crippen LogP contribution is 2.33. The molecule has 0 radical (unpaired) electrons. The largest absolute Gasteiger partial charge is 0.378 e. The minimum absolute atomic E-state index is 0.256. The minimum atomic E-state index is -3.47. The molecule has 2 aromatic carbocycles. The third-order valence-corrected chi connectivity index (χ3v) is 8.99. The van der Waals surface area contributed by atoms with Gasteiger partial charge in [0.1, 0.15) is 0 Å². The number of nitrogens with one attached hydrogen (secondary N) is 2. The van der Waals surface area contributed by atoms with E-state index in [9.17, 15) is 8.42 Å². The highest BCUT2D eigenvalue weighted by Gasteiger charge is 2.23. The van der Waals surface area contributed by atoms with Gasteiger partial charge in [0.05, 0.1) is 39.3 Å². The summed E-state index contributed by atoms with van der Waals surface area (Å²) >= 11 is 1.51. The van der Waals surface area contributed by atoms with E-state index in [0.29, 0.717) is 17.5 Å². The molecular weight excluding hydrogens is 482 g/mol. The summed E-state index contributed by atoms with van der Waals surface area (Å²) < 4.78 is 32.1. The highest BCUT2D eigenvalue weighted by atomic mass is 32.2. The SMILES string of the molecule is CC(C)S(=O)(=O)c1ccccc1Nc1nc(Nc2ccc(N3CCOCC3)cc2)nc2ccsc12. The maximum atomic E-state index is 12.9. The second kappa shape index (κ2) is 9.80. The molecule has 8 nitrogen and oxygen atoms in total. The predicted octanol–water partition coefficient (Wildman–Crippen LogP) is 5.20. The van der Waals surface area contributed by atoms with Crippen LogP contribution in [0.2, 0.25) is 0 Å². The van der Waals surface area contributed by atoms with Crippen molar-refractivity contribution in [2.24, 2.45) is 0 Å². The van der Waals surface area contributed by atoms with E-state index in [0.717, 1.165) is 47.9 Å². The number of benzene rings is 2. The fourth-order valence-corrected chi connectivity index (χ4v) is 5.89. The Morgan fingerprint density at radius 3 is 2.46 bits per heavy atom. The summed E-state index contributed by atoms with van der Waals surface area (Å²) in [7, 11) is -3.47. The molecule has 182 valence electrons. The summed E-state index contributed by atoms with van der Waals surface area (Å²) in [4.78, 5) is 11.9. The number of anilines is 5. The van der Waals surface area contributed by atoms with Crippen molar-refractivity contribution < 1.29 is 13.2 Å². The number of para-hydroxylation sites is 1. The monoisotopic (exact) mass is 509 g/mol. The molecule has 3 heterocycles. The standard InChI is InChI=1S/C25H27N5O3S2/c1-17(2)35(31,32)22-6-4-3-5-20(22)27-24-23-21(11-16-34-23)28-25(29-24)26-18-7-9-19(10-8-18)30-12-14-33-15-13-30/h3-11,16-17H,12-15H2,1-2H3,(H2,26,27,28,29). The quantitative estimate of drug-likeness (QED) is 0.351. The van der Waals surface area contributed by atoms with Gasteiger partial charge in [0, 0.05) is 24.5 Å². The van der Waals surface area contributed by atoms with Crippen LogP contribution < -0.4 is 15.5 Å². The number of fused-ring (bicyclic) bond motifs is 1. The Labute approximate surface area is 208 Å². The molecule has 1 fully saturated rings. The van der Waals surface area contributed by atoms with Crippen LogP contribution in [-0.4, -0.2) is 49.9 Å². The molecule has 2 aromatic heterocycles. The Kier molecular flexibility index (Phi) is 6.59. The van der Waals surface area contributed by atoms with Crippen LogP contribution in [0.25, 0.3) is 10.2 Å². The molecule has 0 spiro atoms. The van der Waals surface area contributed by atoms with Crippen LogP contribution in [0.15, 0.2) is 64.9 Å². The number of thiophene rings is 1. The van der Waals surface area contributed by atoms with E-state index >= 15 is 0 Å². The Morgan fingerprint density at radius 2 is 1.71 bits per heavy atom. The van der Waals surface area contributed by atoms with E-state index < -0.39 is 15.1 Å². The van der Waals surface area contributed by atoms with Gasteiger partial charge in [0.2, 0.25) is 5.95 Å². The molecule has 1 saturated heterocycles. The zero-order valence-electron chi connectivity index (χ0n) is 19.6. The number of hydrogen-bond donors (Lipinski definition) is 2. The third-order valence-electron chi connectivity index (χ3n) is 5.87. The summed E-state index contributed by atoms with van der Waals surface area (Å²) in [5.74, 6) is 0.991. The number of sulfone groups is 1. The van der Waals surface area contributed by atoms with Gasteiger partial charge < -0.3 is 20.3 Å². The number of hydrogen-bond acceptors (Lipinski definition) is 9. The van der Waals surface area contributed by atoms with Crippen molar-refractivity contribution in [1.29, 1.82) is 0 Å². The van der Waals surface area contributed by atoms with E-state index in [-0.39, 0.29) is 4.90 Å². The van der Waals surface area contributed by atoms with E-state index in [1.807, 2.05) is 29.6 Å². The first-order valence-electron chi connectivity index (χ1n) is 11.5. The Morgan fingerprint density at radius 1 is 0.971 bits per heavy atom. The zero-order chi connectivity index (χ0) is 24.4. The molecule has 0 unspecified atom stereocenters. The van der Waals surface area contributed by atoms with Crippen LogP contribution in [0.4, 0.5) is 28.8 Å². The van der Waals surface area contributed by atoms with E-state index in [4.69, 9.17) is 9.72 Å². The first kappa shape index (κ1) is 23.5. The summed E-state index contributed by atoms with van der Waals surface area (Å²) in [6.45, 7) is 6.61. The molecule has 0 bridgehead atoms. The normalized spacial score (nSPS) is 14.4. The van der Waals surface area contributed by atoms with Crippen LogP contribution in [0, 0.1) is 0 Å². The van der Waals surface area contributed by atoms with Crippen LogP contribution in [0.3, 0.4) is 0 Å². The Balaban J connectivity index is 1.44. The van der Waals surface area contributed by atoms with Crippen LogP contribution in [0.1, 0.15) is 13.8 Å². The van der Waals surface area contributed by atoms with Gasteiger partial charge in [-0.15, -0.1) is 11.3 Å². The summed E-state index contributed by atoms with van der Waals surface area (Å²) in [5, 5.41) is 7.96. The lowest BCUT2D eigenvalue weighted by molar-refractivity contribution is 0.122. The summed E-state index contributed by atoms with van der Waals surface area (Å²) in [6, 6.07) is 17.0. The molecule has 1 aliphatic rings. The number of morpholine rings is 1. The van der Waals surface area contributed by atoms with Crippen molar-refractivity contribution in [2.75, 3.05) is 41.8 Å². The predicted molar refractivity (Wildman–Crippen MR) is 142 cm³/mol. The van der Waals surface area contributed by atoms with Crippen molar-refractivity contribution in [3.8, 4) is 0 Å². The number of rotatable bonds is 7. The molecule has 2 N–H and O–H groups in total. The maximum Gasteiger partial charge on any atom is 0.229 e. The Hall–Kier alpha value is -3.21. The Bertz CT molecular complexity index is 1430. The minimum Gasteiger partial charge on any atom is -0.378 e. The molecule has 5 rings (SSSR count). The first-order valence-corrected chi connectivity index (χ1v) is 13.9. The lowest BCUT2D eigenvalue weighted by Crippen LogP contribution is -2.36. The fourth-order valence-electron chi connectivity index (χ4n) is 3.91. The topological polar surface area (TPSA) is 96.5 Å². The van der Waals surface area contributed by atoms with Gasteiger partial charge in [-0.05, 0) is 61.7 Å². The second-order valence-corrected chi connectivity index (χ2v) is 11.9. The van der Waals surface area contributed by atoms with E-state index in [1.54, 1.807) is 32.0 Å². The first-order chi connectivity index (χ1) is 16.9. The molecule has 0 amide bonds. The molecular formula is C25H27N5O3S2. The van der Waals surface area contributed by atoms with Gasteiger partial charge in [0.25, 0.3) is 0 Å². The second-order valence-electron chi connectivity index (χ2n) is 8.52. The molecule has 0 aliphatic carbocycles. The van der Waals surface area contributed by atoms with E-state index in [1.165, 1.54) is 11.3 Å². The zero-order valence-corrected chi connectivity index (χ0v) is 21.2. The van der Waals surface area contributed by atoms with Gasteiger partial charge in [-0.2, -0.15) is 4.98 Å². The van der Waals surface area contributed by atoms with Crippen molar-refractivity contribution in [3.05, 3.63) is 60.0 Å². The van der Waals surface area contributed by atoms with Crippen molar-refractivity contribution in [1.82, 2.24) is 9.97 Å². The average molecular weight is 510 g/mol. The lowest BCUT2D eigenvalue weighted by atomic mass is 10.2. The van der Waals surface area contributed by atoms with Crippen LogP contribution in [0.5, 0.6) is 0 Å². The van der Waals surface area contributed by atoms with Gasteiger partial charge in [-0.25, -0.2) is 13.4 Å². The van der Waals surface area contributed by atoms with E-state index in [2.05, 4.69) is 32.7 Å². The maximum absolute atomic E-state index is 12.9. The smallest absolute Gasteiger partial charge is 0.229 e. The van der Waals surface area contributed by atoms with Gasteiger partial charge in [0.15, 0.2) is 15.7 Å². The summed E-state index contributed by atoms with van der Waals surface area (Å²) in [6.07, 6.45) is 0. The molecule has 1 aliphatic heterocycles. The van der Waals surface area contributed by atoms with Crippen molar-refractivity contribution in [2.45, 2.75) is 24.0 Å². The third kappa shape index (κ3) is 4.95. The van der Waals surface area contributed by atoms with Gasteiger partial charge in [-0.3, -0.25) is 0 Å². The molecule has 0 atom stereocenters. The van der Waals surface area contributed by atoms with Crippen molar-refractivity contribution >= 4 is 60.2 Å². The number of ether oxygens (including phenoxy) is 1. The molecule has 10 heteroatoms. The fraction of sp³-hybridized carbons (Fsp3) is 0.280. The highest BCUT2D eigenvalue weighted by molar-refractivity contribution is 7.92. The van der Waals surface area contributed by atoms with Gasteiger partial charge in [-0.1, -0.05) is 12.1 Å². The number of aromatic nitrogens is 2. The summed E-state index contributed by atoms with van der Waals surface area (Å²) in [5.41, 5.74) is 3.29. The average Bonchev–Trinajstić information content (AvgIpc) is 3.34. The van der Waals surface area contributed by atoms with Gasteiger partial charge >= 0.3 is 0 Å². The number of nitrogens with zero attached hydrogens (tertiary/aromatic N) is 3. The lowest BCUT2D eigenvalue weighted by Gasteiger charge is -2.28. The molecule has 35 heavy (non-hydrogen) atoms. The van der Waals surface area contributed by atoms with Crippen molar-refractivity contribution in [3.63, 3.8) is 0 Å². The van der Waals surface area contributed by atoms with Crippen LogP contribution >= 0.6 is 11.3 Å². The molecule has 0 saturated carbocycles.